The van der Waals surface area contributed by atoms with Crippen LogP contribution >= 0.6 is 0 Å². The summed E-state index contributed by atoms with van der Waals surface area (Å²) in [6.07, 6.45) is 3.87. The van der Waals surface area contributed by atoms with E-state index in [2.05, 4.69) is 27.2 Å². The monoisotopic (exact) mass is 484 g/mol. The van der Waals surface area contributed by atoms with Crippen molar-refractivity contribution in [3.8, 4) is 23.0 Å². The Labute approximate surface area is 212 Å². The van der Waals surface area contributed by atoms with E-state index in [9.17, 15) is 0 Å². The number of piperidine rings is 1. The molecule has 0 spiro atoms. The SMILES string of the molecule is COc1cc2c(Nc3ccc(Oc4ccccc4)c(C)c3)ncnc2cc1OCC1CCN(C)CC1. The highest BCUT2D eigenvalue weighted by atomic mass is 16.5. The number of likely N-dealkylation sites (tertiary alicyclic amines) is 1. The van der Waals surface area contributed by atoms with Gasteiger partial charge in [-0.2, -0.15) is 0 Å². The molecule has 5 rings (SSSR count). The quantitative estimate of drug-likeness (QED) is 0.319. The van der Waals surface area contributed by atoms with Gasteiger partial charge in [0.05, 0.1) is 19.2 Å². The molecule has 1 N–H and O–H groups in total. The lowest BCUT2D eigenvalue weighted by atomic mass is 9.98. The Morgan fingerprint density at radius 2 is 1.75 bits per heavy atom. The summed E-state index contributed by atoms with van der Waals surface area (Å²) in [6.45, 7) is 4.94. The lowest BCUT2D eigenvalue weighted by Crippen LogP contribution is -2.32. The van der Waals surface area contributed by atoms with E-state index < -0.39 is 0 Å². The van der Waals surface area contributed by atoms with Crippen LogP contribution in [0.25, 0.3) is 10.9 Å². The first-order valence-corrected chi connectivity index (χ1v) is 12.3. The van der Waals surface area contributed by atoms with Crippen molar-refractivity contribution in [1.29, 1.82) is 0 Å². The summed E-state index contributed by atoms with van der Waals surface area (Å²) < 4.78 is 17.9. The van der Waals surface area contributed by atoms with E-state index in [1.54, 1.807) is 13.4 Å². The summed E-state index contributed by atoms with van der Waals surface area (Å²) in [7, 11) is 3.83. The van der Waals surface area contributed by atoms with Crippen LogP contribution in [0.1, 0.15) is 18.4 Å². The van der Waals surface area contributed by atoms with E-state index in [-0.39, 0.29) is 0 Å². The minimum absolute atomic E-state index is 0.557. The molecule has 3 aromatic carbocycles. The van der Waals surface area contributed by atoms with Gasteiger partial charge in [0, 0.05) is 17.1 Å². The van der Waals surface area contributed by atoms with Crippen LogP contribution in [0.2, 0.25) is 0 Å². The van der Waals surface area contributed by atoms with Crippen LogP contribution in [-0.2, 0) is 0 Å². The minimum atomic E-state index is 0.557. The zero-order valence-corrected chi connectivity index (χ0v) is 21.0. The molecule has 4 aromatic rings. The van der Waals surface area contributed by atoms with Crippen molar-refractivity contribution < 1.29 is 14.2 Å². The summed E-state index contributed by atoms with van der Waals surface area (Å²) in [6, 6.07) is 19.6. The number of hydrogen-bond donors (Lipinski definition) is 1. The van der Waals surface area contributed by atoms with Crippen molar-refractivity contribution >= 4 is 22.4 Å². The molecular formula is C29H32N4O3. The van der Waals surface area contributed by atoms with Crippen LogP contribution in [0.4, 0.5) is 11.5 Å². The third-order valence-corrected chi connectivity index (χ3v) is 6.64. The Morgan fingerprint density at radius 1 is 0.944 bits per heavy atom. The van der Waals surface area contributed by atoms with Crippen LogP contribution in [0.3, 0.4) is 0 Å². The predicted octanol–water partition coefficient (Wildman–Crippen LogP) is 6.20. The lowest BCUT2D eigenvalue weighted by molar-refractivity contribution is 0.157. The lowest BCUT2D eigenvalue weighted by Gasteiger charge is -2.28. The molecule has 2 heterocycles. The second-order valence-corrected chi connectivity index (χ2v) is 9.32. The number of aryl methyl sites for hydroxylation is 1. The number of benzene rings is 3. The van der Waals surface area contributed by atoms with Crippen molar-refractivity contribution in [2.24, 2.45) is 5.92 Å². The Balaban J connectivity index is 1.34. The molecule has 0 radical (unpaired) electrons. The Hall–Kier alpha value is -3.84. The van der Waals surface area contributed by atoms with E-state index in [4.69, 9.17) is 14.2 Å². The van der Waals surface area contributed by atoms with Crippen molar-refractivity contribution in [2.75, 3.05) is 39.2 Å². The van der Waals surface area contributed by atoms with Gasteiger partial charge >= 0.3 is 0 Å². The first kappa shape index (κ1) is 23.9. The summed E-state index contributed by atoms with van der Waals surface area (Å²) in [5.41, 5.74) is 2.73. The van der Waals surface area contributed by atoms with E-state index in [0.29, 0.717) is 29.8 Å². The van der Waals surface area contributed by atoms with Crippen molar-refractivity contribution in [3.63, 3.8) is 0 Å². The Morgan fingerprint density at radius 3 is 2.50 bits per heavy atom. The highest BCUT2D eigenvalue weighted by Gasteiger charge is 2.19. The third-order valence-electron chi connectivity index (χ3n) is 6.64. The average Bonchev–Trinajstić information content (AvgIpc) is 2.90. The van der Waals surface area contributed by atoms with E-state index in [0.717, 1.165) is 59.6 Å². The van der Waals surface area contributed by atoms with Gasteiger partial charge in [0.25, 0.3) is 0 Å². The number of rotatable bonds is 8. The molecule has 1 aromatic heterocycles. The summed E-state index contributed by atoms with van der Waals surface area (Å²) in [5.74, 6) is 4.27. The fourth-order valence-electron chi connectivity index (χ4n) is 4.47. The van der Waals surface area contributed by atoms with Gasteiger partial charge in [-0.05, 0) is 87.8 Å². The zero-order chi connectivity index (χ0) is 24.9. The van der Waals surface area contributed by atoms with E-state index in [1.165, 1.54) is 0 Å². The first-order valence-electron chi connectivity index (χ1n) is 12.3. The number of nitrogens with one attached hydrogen (secondary N) is 1. The van der Waals surface area contributed by atoms with Gasteiger partial charge < -0.3 is 24.4 Å². The molecule has 36 heavy (non-hydrogen) atoms. The molecule has 1 aliphatic rings. The van der Waals surface area contributed by atoms with Gasteiger partial charge in [0.2, 0.25) is 0 Å². The third kappa shape index (κ3) is 5.52. The number of ether oxygens (including phenoxy) is 3. The van der Waals surface area contributed by atoms with E-state index >= 15 is 0 Å². The molecule has 1 fully saturated rings. The summed E-state index contributed by atoms with van der Waals surface area (Å²) in [4.78, 5) is 11.4. The molecule has 7 heteroatoms. The van der Waals surface area contributed by atoms with Crippen molar-refractivity contribution in [1.82, 2.24) is 14.9 Å². The number of fused-ring (bicyclic) bond motifs is 1. The standard InChI is InChI=1S/C29H32N4O3/c1-20-15-22(9-10-26(20)36-23-7-5-4-6-8-23)32-29-24-16-27(34-3)28(17-25(24)30-19-31-29)35-18-21-11-13-33(2)14-12-21/h4-10,15-17,19,21H,11-14,18H2,1-3H3,(H,30,31,32). The first-order chi connectivity index (χ1) is 17.6. The molecule has 0 unspecified atom stereocenters. The normalized spacial score (nSPS) is 14.5. The van der Waals surface area contributed by atoms with Crippen LogP contribution in [-0.4, -0.2) is 48.7 Å². The molecule has 0 bridgehead atoms. The molecular weight excluding hydrogens is 452 g/mol. The largest absolute Gasteiger partial charge is 0.493 e. The fraction of sp³-hybridized carbons (Fsp3) is 0.310. The van der Waals surface area contributed by atoms with Crippen molar-refractivity contribution in [2.45, 2.75) is 19.8 Å². The number of methoxy groups -OCH3 is 1. The maximum atomic E-state index is 6.21. The number of para-hydroxylation sites is 1. The second-order valence-electron chi connectivity index (χ2n) is 9.32. The number of hydrogen-bond acceptors (Lipinski definition) is 7. The molecule has 7 nitrogen and oxygen atoms in total. The topological polar surface area (TPSA) is 68.7 Å². The van der Waals surface area contributed by atoms with Gasteiger partial charge in [-0.3, -0.25) is 0 Å². The molecule has 186 valence electrons. The average molecular weight is 485 g/mol. The van der Waals surface area contributed by atoms with Gasteiger partial charge in [-0.25, -0.2) is 9.97 Å². The van der Waals surface area contributed by atoms with Gasteiger partial charge in [0.15, 0.2) is 11.5 Å². The summed E-state index contributed by atoms with van der Waals surface area (Å²) >= 11 is 0. The molecule has 0 amide bonds. The number of aromatic nitrogens is 2. The maximum Gasteiger partial charge on any atom is 0.163 e. The predicted molar refractivity (Wildman–Crippen MR) is 143 cm³/mol. The van der Waals surface area contributed by atoms with Crippen molar-refractivity contribution in [3.05, 3.63) is 72.6 Å². The summed E-state index contributed by atoms with van der Waals surface area (Å²) in [5, 5.41) is 4.29. The molecule has 0 atom stereocenters. The molecule has 1 saturated heterocycles. The van der Waals surface area contributed by atoms with E-state index in [1.807, 2.05) is 67.6 Å². The maximum absolute atomic E-state index is 6.21. The van der Waals surface area contributed by atoms with Gasteiger partial charge in [-0.1, -0.05) is 18.2 Å². The van der Waals surface area contributed by atoms with Crippen LogP contribution in [0.5, 0.6) is 23.0 Å². The van der Waals surface area contributed by atoms with Crippen LogP contribution < -0.4 is 19.5 Å². The Bertz CT molecular complexity index is 1320. The highest BCUT2D eigenvalue weighted by molar-refractivity contribution is 5.93. The highest BCUT2D eigenvalue weighted by Crippen LogP contribution is 2.36. The molecule has 1 aliphatic heterocycles. The molecule has 0 aliphatic carbocycles. The smallest absolute Gasteiger partial charge is 0.163 e. The fourth-order valence-corrected chi connectivity index (χ4v) is 4.47. The molecule has 0 saturated carbocycles. The van der Waals surface area contributed by atoms with Gasteiger partial charge in [0.1, 0.15) is 23.6 Å². The van der Waals surface area contributed by atoms with Gasteiger partial charge in [-0.15, -0.1) is 0 Å². The Kier molecular flexibility index (Phi) is 7.18. The van der Waals surface area contributed by atoms with Crippen LogP contribution in [0, 0.1) is 12.8 Å². The second kappa shape index (κ2) is 10.8. The zero-order valence-electron chi connectivity index (χ0n) is 21.0. The minimum Gasteiger partial charge on any atom is -0.493 e. The number of anilines is 2. The number of nitrogens with zero attached hydrogens (tertiary/aromatic N) is 3. The van der Waals surface area contributed by atoms with Crippen LogP contribution in [0.15, 0.2) is 67.0 Å².